The summed E-state index contributed by atoms with van der Waals surface area (Å²) in [4.78, 5) is 12.8. The van der Waals surface area contributed by atoms with Gasteiger partial charge >= 0.3 is 0 Å². The molecule has 0 heterocycles. The topological polar surface area (TPSA) is 38.3 Å². The van der Waals surface area contributed by atoms with Crippen LogP contribution in [0.1, 0.15) is 37.8 Å². The van der Waals surface area contributed by atoms with E-state index >= 15 is 0 Å². The Hall–Kier alpha value is -3.07. The predicted molar refractivity (Wildman–Crippen MR) is 116 cm³/mol. The average molecular weight is 373 g/mol. The number of rotatable bonds is 6. The first kappa shape index (κ1) is 19.7. The summed E-state index contributed by atoms with van der Waals surface area (Å²) in [6.45, 7) is 8.06. The standard InChI is InChI=1S/C25H27NO2/c1-17(2)21-15-14-18(3)16-24(21)28-19(4)25(27)26-23-13-9-8-12-22(23)20-10-6-5-7-11-20/h5-17,19H,1-4H3,(H,26,27)/t19-/m0/s1. The maximum absolute atomic E-state index is 12.8. The van der Waals surface area contributed by atoms with Crippen molar-refractivity contribution in [3.63, 3.8) is 0 Å². The third-order valence-corrected chi connectivity index (χ3v) is 4.73. The zero-order valence-electron chi connectivity index (χ0n) is 16.9. The van der Waals surface area contributed by atoms with Crippen LogP contribution in [0, 0.1) is 6.92 Å². The molecule has 1 amide bonds. The molecule has 0 bridgehead atoms. The summed E-state index contributed by atoms with van der Waals surface area (Å²) in [6, 6.07) is 24.0. The molecule has 3 aromatic carbocycles. The molecule has 3 rings (SSSR count). The molecule has 0 spiro atoms. The van der Waals surface area contributed by atoms with E-state index in [0.29, 0.717) is 5.92 Å². The Kier molecular flexibility index (Phi) is 6.15. The molecule has 1 atom stereocenters. The molecular formula is C25H27NO2. The maximum atomic E-state index is 12.8. The van der Waals surface area contributed by atoms with E-state index in [9.17, 15) is 4.79 Å². The Morgan fingerprint density at radius 3 is 2.29 bits per heavy atom. The van der Waals surface area contributed by atoms with Crippen molar-refractivity contribution < 1.29 is 9.53 Å². The summed E-state index contributed by atoms with van der Waals surface area (Å²) in [5, 5.41) is 3.03. The van der Waals surface area contributed by atoms with Crippen LogP contribution in [0.2, 0.25) is 0 Å². The van der Waals surface area contributed by atoms with Crippen molar-refractivity contribution in [2.45, 2.75) is 39.7 Å². The molecular weight excluding hydrogens is 346 g/mol. The fraction of sp³-hybridized carbons (Fsp3) is 0.240. The molecule has 0 saturated heterocycles. The van der Waals surface area contributed by atoms with Gasteiger partial charge in [-0.05, 0) is 48.6 Å². The van der Waals surface area contributed by atoms with Crippen molar-refractivity contribution in [1.29, 1.82) is 0 Å². The molecule has 0 saturated carbocycles. The Balaban J connectivity index is 1.79. The van der Waals surface area contributed by atoms with Crippen molar-refractivity contribution in [2.75, 3.05) is 5.32 Å². The molecule has 0 aliphatic carbocycles. The number of anilines is 1. The van der Waals surface area contributed by atoms with Gasteiger partial charge in [-0.3, -0.25) is 4.79 Å². The van der Waals surface area contributed by atoms with Crippen LogP contribution in [0.25, 0.3) is 11.1 Å². The van der Waals surface area contributed by atoms with E-state index in [1.165, 1.54) is 0 Å². The average Bonchev–Trinajstić information content (AvgIpc) is 2.69. The first-order chi connectivity index (χ1) is 13.5. The van der Waals surface area contributed by atoms with Crippen LogP contribution in [0.15, 0.2) is 72.8 Å². The second-order valence-corrected chi connectivity index (χ2v) is 7.36. The third kappa shape index (κ3) is 4.61. The molecule has 3 nitrogen and oxygen atoms in total. The van der Waals surface area contributed by atoms with Gasteiger partial charge in [0.05, 0.1) is 0 Å². The smallest absolute Gasteiger partial charge is 0.265 e. The number of hydrogen-bond acceptors (Lipinski definition) is 2. The molecule has 3 aromatic rings. The normalized spacial score (nSPS) is 11.9. The van der Waals surface area contributed by atoms with E-state index in [0.717, 1.165) is 33.7 Å². The monoisotopic (exact) mass is 373 g/mol. The van der Waals surface area contributed by atoms with Crippen molar-refractivity contribution in [1.82, 2.24) is 0 Å². The highest BCUT2D eigenvalue weighted by atomic mass is 16.5. The molecule has 3 heteroatoms. The van der Waals surface area contributed by atoms with Crippen LogP contribution in [0.3, 0.4) is 0 Å². The lowest BCUT2D eigenvalue weighted by atomic mass is 10.0. The summed E-state index contributed by atoms with van der Waals surface area (Å²) in [6.07, 6.45) is -0.608. The Labute approximate surface area is 167 Å². The van der Waals surface area contributed by atoms with Crippen molar-refractivity contribution >= 4 is 11.6 Å². The van der Waals surface area contributed by atoms with Crippen LogP contribution in [0.5, 0.6) is 5.75 Å². The summed E-state index contributed by atoms with van der Waals surface area (Å²) < 4.78 is 6.06. The van der Waals surface area contributed by atoms with E-state index in [2.05, 4.69) is 31.3 Å². The van der Waals surface area contributed by atoms with E-state index in [1.807, 2.05) is 67.6 Å². The van der Waals surface area contributed by atoms with E-state index in [4.69, 9.17) is 4.74 Å². The number of aryl methyl sites for hydroxylation is 1. The first-order valence-corrected chi connectivity index (χ1v) is 9.68. The van der Waals surface area contributed by atoms with Gasteiger partial charge in [0.2, 0.25) is 0 Å². The highest BCUT2D eigenvalue weighted by molar-refractivity contribution is 5.98. The summed E-state index contributed by atoms with van der Waals surface area (Å²) in [5.41, 5.74) is 5.05. The maximum Gasteiger partial charge on any atom is 0.265 e. The van der Waals surface area contributed by atoms with E-state index in [1.54, 1.807) is 6.92 Å². The lowest BCUT2D eigenvalue weighted by Gasteiger charge is -2.20. The van der Waals surface area contributed by atoms with Crippen LogP contribution < -0.4 is 10.1 Å². The molecule has 144 valence electrons. The van der Waals surface area contributed by atoms with Crippen LogP contribution in [0.4, 0.5) is 5.69 Å². The van der Waals surface area contributed by atoms with Crippen molar-refractivity contribution in [3.8, 4) is 16.9 Å². The van der Waals surface area contributed by atoms with Crippen molar-refractivity contribution in [3.05, 3.63) is 83.9 Å². The molecule has 28 heavy (non-hydrogen) atoms. The van der Waals surface area contributed by atoms with Crippen LogP contribution in [-0.2, 0) is 4.79 Å². The summed E-state index contributed by atoms with van der Waals surface area (Å²) in [5.74, 6) is 0.929. The number of ether oxygens (including phenoxy) is 1. The molecule has 1 N–H and O–H groups in total. The lowest BCUT2D eigenvalue weighted by molar-refractivity contribution is -0.122. The largest absolute Gasteiger partial charge is 0.481 e. The van der Waals surface area contributed by atoms with Gasteiger partial charge in [0.25, 0.3) is 5.91 Å². The van der Waals surface area contributed by atoms with E-state index < -0.39 is 6.10 Å². The first-order valence-electron chi connectivity index (χ1n) is 9.68. The second-order valence-electron chi connectivity index (χ2n) is 7.36. The number of carbonyl (C=O) groups is 1. The predicted octanol–water partition coefficient (Wildman–Crippen LogP) is 6.19. The fourth-order valence-electron chi connectivity index (χ4n) is 3.16. The van der Waals surface area contributed by atoms with E-state index in [-0.39, 0.29) is 5.91 Å². The van der Waals surface area contributed by atoms with Gasteiger partial charge in [0.1, 0.15) is 5.75 Å². The summed E-state index contributed by atoms with van der Waals surface area (Å²) >= 11 is 0. The van der Waals surface area contributed by atoms with Crippen LogP contribution >= 0.6 is 0 Å². The van der Waals surface area contributed by atoms with Gasteiger partial charge in [-0.25, -0.2) is 0 Å². The van der Waals surface area contributed by atoms with Crippen molar-refractivity contribution in [2.24, 2.45) is 0 Å². The molecule has 0 aromatic heterocycles. The Morgan fingerprint density at radius 1 is 0.893 bits per heavy atom. The summed E-state index contributed by atoms with van der Waals surface area (Å²) in [7, 11) is 0. The Bertz CT molecular complexity index is 948. The number of benzene rings is 3. The van der Waals surface area contributed by atoms with Crippen LogP contribution in [-0.4, -0.2) is 12.0 Å². The van der Waals surface area contributed by atoms with Gasteiger partial charge in [-0.1, -0.05) is 74.5 Å². The highest BCUT2D eigenvalue weighted by Gasteiger charge is 2.19. The van der Waals surface area contributed by atoms with Gasteiger partial charge in [0.15, 0.2) is 6.10 Å². The lowest BCUT2D eigenvalue weighted by Crippen LogP contribution is -2.30. The quantitative estimate of drug-likeness (QED) is 0.559. The Morgan fingerprint density at radius 2 is 1.57 bits per heavy atom. The molecule has 0 radical (unpaired) electrons. The number of amides is 1. The minimum atomic E-state index is -0.608. The molecule has 0 fully saturated rings. The number of carbonyl (C=O) groups excluding carboxylic acids is 1. The fourth-order valence-corrected chi connectivity index (χ4v) is 3.16. The third-order valence-electron chi connectivity index (χ3n) is 4.73. The number of nitrogens with one attached hydrogen (secondary N) is 1. The second kappa shape index (κ2) is 8.75. The molecule has 0 aliphatic rings. The van der Waals surface area contributed by atoms with Gasteiger partial charge in [-0.15, -0.1) is 0 Å². The SMILES string of the molecule is Cc1ccc(C(C)C)c(O[C@@H](C)C(=O)Nc2ccccc2-c2ccccc2)c1. The molecule has 0 unspecified atom stereocenters. The van der Waals surface area contributed by atoms with Gasteiger partial charge in [-0.2, -0.15) is 0 Å². The zero-order valence-corrected chi connectivity index (χ0v) is 16.9. The molecule has 0 aliphatic heterocycles. The number of hydrogen-bond donors (Lipinski definition) is 1. The van der Waals surface area contributed by atoms with Gasteiger partial charge < -0.3 is 10.1 Å². The minimum Gasteiger partial charge on any atom is -0.481 e. The number of para-hydroxylation sites is 1. The van der Waals surface area contributed by atoms with Gasteiger partial charge in [0, 0.05) is 11.3 Å². The minimum absolute atomic E-state index is 0.167. The zero-order chi connectivity index (χ0) is 20.1. The highest BCUT2D eigenvalue weighted by Crippen LogP contribution is 2.30.